The van der Waals surface area contributed by atoms with Crippen molar-refractivity contribution in [3.8, 4) is 34.6 Å². The Kier molecular flexibility index (Phi) is 15.2. The van der Waals surface area contributed by atoms with Crippen LogP contribution in [0.25, 0.3) is 11.4 Å². The average Bonchev–Trinajstić information content (AvgIpc) is 3.51. The molecule has 0 atom stereocenters. The van der Waals surface area contributed by atoms with Gasteiger partial charge in [0.25, 0.3) is 0 Å². The van der Waals surface area contributed by atoms with E-state index in [1.165, 1.54) is 45.8 Å². The van der Waals surface area contributed by atoms with Crippen LogP contribution in [0.5, 0.6) is 23.3 Å². The van der Waals surface area contributed by atoms with Crippen LogP contribution in [0, 0.1) is 28.7 Å². The monoisotopic (exact) mass is 810 g/mol. The molecule has 4 aromatic carbocycles. The molecule has 0 aliphatic heterocycles. The van der Waals surface area contributed by atoms with Crippen molar-refractivity contribution in [3.05, 3.63) is 131 Å². The smallest absolute Gasteiger partial charge is 0.243 e. The van der Waals surface area contributed by atoms with Crippen molar-refractivity contribution >= 4 is 69.2 Å². The topological polar surface area (TPSA) is 166 Å². The molecular weight excluding hydrogens is 782 g/mol. The second-order valence-electron chi connectivity index (χ2n) is 9.96. The summed E-state index contributed by atoms with van der Waals surface area (Å²) in [5.74, 6) is -0.462. The second kappa shape index (κ2) is 18.4. The number of rotatable bonds is 6. The summed E-state index contributed by atoms with van der Waals surface area (Å²) >= 11 is 23.5. The standard InChI is InChI=1S/2C16H12Cl2N4O2.2CH3.Fe/c2*1-9-15(20-19-13-8-11(18)4-7-14(13)23)16(24)22(21-9)12-5-2-10(17)3-6-12;;;/h2*2-8,23-24H,1H3;2*1H3;/q;;2*+1;. The predicted molar refractivity (Wildman–Crippen MR) is 197 cm³/mol. The first kappa shape index (κ1) is 42.3. The normalized spacial score (nSPS) is 10.6. The molecule has 0 aliphatic carbocycles. The maximum absolute atomic E-state index is 10.4. The molecule has 0 amide bonds. The van der Waals surface area contributed by atoms with E-state index in [1.54, 1.807) is 62.4 Å². The van der Waals surface area contributed by atoms with Gasteiger partial charge in [0.1, 0.15) is 22.9 Å². The molecular formula is C34H30Cl4FeN8O4+2. The Hall–Kier alpha value is -4.88. The zero-order valence-corrected chi connectivity index (χ0v) is 31.4. The third kappa shape index (κ3) is 10.1. The molecule has 51 heavy (non-hydrogen) atoms. The minimum absolute atomic E-state index is 0. The van der Waals surface area contributed by atoms with Crippen molar-refractivity contribution in [2.24, 2.45) is 20.5 Å². The third-order valence-electron chi connectivity index (χ3n) is 6.54. The summed E-state index contributed by atoms with van der Waals surface area (Å²) in [5.41, 5.74) is 3.01. The first-order chi connectivity index (χ1) is 22.9. The maximum Gasteiger partial charge on any atom is 0.243 e. The Balaban J connectivity index is 0.000000334. The van der Waals surface area contributed by atoms with E-state index in [4.69, 9.17) is 46.4 Å². The minimum atomic E-state index is -0.167. The second-order valence-corrected chi connectivity index (χ2v) is 11.7. The number of aromatic hydroxyl groups is 4. The van der Waals surface area contributed by atoms with Crippen molar-refractivity contribution in [2.45, 2.75) is 13.8 Å². The summed E-state index contributed by atoms with van der Waals surface area (Å²) < 4.78 is 2.66. The fraction of sp³-hybridized carbons (Fsp3) is 0.0588. The number of hydrogen-bond donors (Lipinski definition) is 4. The van der Waals surface area contributed by atoms with Crippen molar-refractivity contribution in [1.82, 2.24) is 19.6 Å². The van der Waals surface area contributed by atoms with Gasteiger partial charge in [-0.25, -0.2) is 0 Å². The molecule has 2 heterocycles. The number of azo groups is 2. The summed E-state index contributed by atoms with van der Waals surface area (Å²) in [6.45, 7) is 3.39. The van der Waals surface area contributed by atoms with Gasteiger partial charge in [-0.2, -0.15) is 19.6 Å². The van der Waals surface area contributed by atoms with Crippen LogP contribution in [-0.2, 0) is 17.1 Å². The van der Waals surface area contributed by atoms with Crippen LogP contribution in [0.15, 0.2) is 105 Å². The fourth-order valence-electron chi connectivity index (χ4n) is 4.13. The van der Waals surface area contributed by atoms with Crippen molar-refractivity contribution in [3.63, 3.8) is 0 Å². The van der Waals surface area contributed by atoms with E-state index in [-0.39, 0.29) is 77.9 Å². The van der Waals surface area contributed by atoms with Gasteiger partial charge in [-0.3, -0.25) is 0 Å². The average molecular weight is 812 g/mol. The molecule has 0 radical (unpaired) electrons. The molecule has 0 unspecified atom stereocenters. The van der Waals surface area contributed by atoms with Crippen molar-refractivity contribution in [1.29, 1.82) is 0 Å². The number of phenolic OH excluding ortho intramolecular Hbond substituents is 2. The number of phenols is 2. The van der Waals surface area contributed by atoms with E-state index in [0.717, 1.165) is 0 Å². The number of benzene rings is 4. The Morgan fingerprint density at radius 2 is 0.804 bits per heavy atom. The van der Waals surface area contributed by atoms with Crippen LogP contribution in [0.4, 0.5) is 22.7 Å². The van der Waals surface area contributed by atoms with Crippen LogP contribution < -0.4 is 0 Å². The first-order valence-corrected chi connectivity index (χ1v) is 15.3. The molecule has 264 valence electrons. The largest absolute Gasteiger partial charge is 0.506 e. The van der Waals surface area contributed by atoms with Crippen LogP contribution in [0.3, 0.4) is 0 Å². The van der Waals surface area contributed by atoms with Gasteiger partial charge in [0.2, 0.25) is 11.8 Å². The van der Waals surface area contributed by atoms with Crippen molar-refractivity contribution in [2.75, 3.05) is 0 Å². The molecule has 0 spiro atoms. The van der Waals surface area contributed by atoms with E-state index in [1.807, 2.05) is 0 Å². The van der Waals surface area contributed by atoms with Gasteiger partial charge in [-0.1, -0.05) is 46.4 Å². The molecule has 0 saturated heterocycles. The zero-order valence-electron chi connectivity index (χ0n) is 27.3. The van der Waals surface area contributed by atoms with E-state index in [0.29, 0.717) is 42.9 Å². The molecule has 6 aromatic rings. The fourth-order valence-corrected chi connectivity index (χ4v) is 4.72. The van der Waals surface area contributed by atoms with Gasteiger partial charge in [0, 0.05) is 52.0 Å². The SMILES string of the molecule is Cc1nn(-c2ccc(Cl)cc2)c(O)c1N=Nc1cc(Cl)ccc1O.Cc1nn(-c2ccc(Cl)cc2)c(O)c1N=Nc1cc(Cl)ccc1O.[CH3+].[CH3+].[Fe]. The molecule has 4 N–H and O–H groups in total. The molecule has 17 heteroatoms. The Morgan fingerprint density at radius 3 is 1.14 bits per heavy atom. The maximum atomic E-state index is 10.4. The summed E-state index contributed by atoms with van der Waals surface area (Å²) in [6, 6.07) is 22.5. The quantitative estimate of drug-likeness (QED) is 0.0742. The van der Waals surface area contributed by atoms with E-state index in [2.05, 4.69) is 30.7 Å². The van der Waals surface area contributed by atoms with Gasteiger partial charge >= 0.3 is 0 Å². The molecule has 12 nitrogen and oxygen atoms in total. The molecule has 0 saturated carbocycles. The number of halogens is 4. The Morgan fingerprint density at radius 1 is 0.490 bits per heavy atom. The van der Waals surface area contributed by atoms with Crippen LogP contribution in [0.2, 0.25) is 20.1 Å². The van der Waals surface area contributed by atoms with Gasteiger partial charge in [-0.05, 0) is 98.8 Å². The molecule has 0 fully saturated rings. The van der Waals surface area contributed by atoms with Gasteiger partial charge < -0.3 is 20.4 Å². The summed E-state index contributed by atoms with van der Waals surface area (Å²) in [7, 11) is 0. The Labute approximate surface area is 324 Å². The molecule has 2 aromatic heterocycles. The van der Waals surface area contributed by atoms with E-state index < -0.39 is 0 Å². The molecule has 0 aliphatic rings. The molecule has 0 bridgehead atoms. The predicted octanol–water partition coefficient (Wildman–Crippen LogP) is 11.5. The van der Waals surface area contributed by atoms with Gasteiger partial charge in [0.05, 0.1) is 22.8 Å². The van der Waals surface area contributed by atoms with Crippen LogP contribution in [-0.4, -0.2) is 40.0 Å². The summed E-state index contributed by atoms with van der Waals surface area (Å²) in [5, 5.41) is 66.6. The van der Waals surface area contributed by atoms with E-state index in [9.17, 15) is 20.4 Å². The zero-order chi connectivity index (χ0) is 34.5. The van der Waals surface area contributed by atoms with Gasteiger partial charge in [-0.15, -0.1) is 20.5 Å². The Bertz CT molecular complexity index is 2000. The number of aryl methyl sites for hydroxylation is 2. The third-order valence-corrected chi connectivity index (χ3v) is 7.52. The van der Waals surface area contributed by atoms with E-state index >= 15 is 0 Å². The summed E-state index contributed by atoms with van der Waals surface area (Å²) in [4.78, 5) is 0. The van der Waals surface area contributed by atoms with Gasteiger partial charge in [0.15, 0.2) is 11.4 Å². The summed E-state index contributed by atoms with van der Waals surface area (Å²) in [6.07, 6.45) is 0. The first-order valence-electron chi connectivity index (χ1n) is 13.8. The number of hydrogen-bond acceptors (Lipinski definition) is 10. The van der Waals surface area contributed by atoms with Crippen LogP contribution >= 0.6 is 46.4 Å². The number of aromatic nitrogens is 4. The van der Waals surface area contributed by atoms with Crippen molar-refractivity contribution < 1.29 is 37.5 Å². The minimum Gasteiger partial charge on any atom is -0.506 e. The van der Waals surface area contributed by atoms with Crippen LogP contribution in [0.1, 0.15) is 11.4 Å². The molecule has 6 rings (SSSR count). The number of nitrogens with zero attached hydrogens (tertiary/aromatic N) is 8.